The molecule has 3 nitrogen and oxygen atoms in total. The average molecular weight is 161 g/mol. The summed E-state index contributed by atoms with van der Waals surface area (Å²) >= 11 is 0. The zero-order valence-corrected chi connectivity index (χ0v) is 6.27. The molecule has 2 rings (SSSR count). The van der Waals surface area contributed by atoms with Gasteiger partial charge in [0, 0.05) is 23.2 Å². The summed E-state index contributed by atoms with van der Waals surface area (Å²) in [6.45, 7) is 0. The van der Waals surface area contributed by atoms with Crippen LogP contribution in [0.1, 0.15) is 0 Å². The van der Waals surface area contributed by atoms with Crippen molar-refractivity contribution in [3.8, 4) is 5.75 Å². The summed E-state index contributed by atoms with van der Waals surface area (Å²) in [7, 11) is 0. The first-order chi connectivity index (χ1) is 5.92. The summed E-state index contributed by atoms with van der Waals surface area (Å²) in [4.78, 5) is 8.15. The van der Waals surface area contributed by atoms with Crippen LogP contribution in [0, 0.1) is 0 Å². The monoisotopic (exact) mass is 161 g/mol. The van der Waals surface area contributed by atoms with Gasteiger partial charge in [-0.05, 0) is 12.1 Å². The van der Waals surface area contributed by atoms with Crippen LogP contribution in [0.15, 0.2) is 36.7 Å². The van der Waals surface area contributed by atoms with Crippen molar-refractivity contribution in [2.45, 2.75) is 0 Å². The highest BCUT2D eigenvalue weighted by Crippen LogP contribution is 2.23. The lowest BCUT2D eigenvalue weighted by atomic mass is 10.2. The maximum Gasteiger partial charge on any atom is 0.173 e. The van der Waals surface area contributed by atoms with Gasteiger partial charge in [0.15, 0.2) is 5.75 Å². The molecule has 0 fully saturated rings. The predicted molar refractivity (Wildman–Crippen MR) is 45.0 cm³/mol. The molecular weight excluding hydrogens is 154 g/mol. The molecule has 2 aromatic rings. The molecule has 3 heteroatoms. The molecule has 0 aliphatic rings. The van der Waals surface area contributed by atoms with Gasteiger partial charge in [0.25, 0.3) is 0 Å². The van der Waals surface area contributed by atoms with Crippen molar-refractivity contribution in [3.63, 3.8) is 0 Å². The van der Waals surface area contributed by atoms with Crippen LogP contribution in [0.3, 0.4) is 0 Å². The fraction of sp³-hybridized carbons (Fsp3) is 0. The number of benzene rings is 1. The van der Waals surface area contributed by atoms with E-state index in [-0.39, 0.29) is 0 Å². The zero-order valence-electron chi connectivity index (χ0n) is 6.27. The molecule has 0 aliphatic heterocycles. The molecule has 0 bridgehead atoms. The molecular formula is C9H7NO2. The third-order valence-corrected chi connectivity index (χ3v) is 1.74. The van der Waals surface area contributed by atoms with E-state index in [0.29, 0.717) is 5.75 Å². The topological polar surface area (TPSA) is 42.4 Å². The van der Waals surface area contributed by atoms with Crippen LogP contribution in [-0.4, -0.2) is 10.2 Å². The van der Waals surface area contributed by atoms with Crippen molar-refractivity contribution in [3.05, 3.63) is 36.7 Å². The second-order valence-electron chi connectivity index (χ2n) is 2.44. The van der Waals surface area contributed by atoms with E-state index in [1.807, 2.05) is 6.07 Å². The Labute approximate surface area is 69.2 Å². The molecule has 0 saturated heterocycles. The lowest BCUT2D eigenvalue weighted by Gasteiger charge is -2.00. The molecule has 12 heavy (non-hydrogen) atoms. The fourth-order valence-corrected chi connectivity index (χ4v) is 1.17. The van der Waals surface area contributed by atoms with Crippen LogP contribution in [0.25, 0.3) is 10.8 Å². The number of hydrogen-bond donors (Lipinski definition) is 1. The highest BCUT2D eigenvalue weighted by Gasteiger charge is 1.99. The summed E-state index contributed by atoms with van der Waals surface area (Å²) in [5.74, 6) is 0.454. The smallest absolute Gasteiger partial charge is 0.173 e. The van der Waals surface area contributed by atoms with Gasteiger partial charge in [-0.15, -0.1) is 0 Å². The van der Waals surface area contributed by atoms with Gasteiger partial charge in [-0.2, -0.15) is 0 Å². The molecule has 0 radical (unpaired) electrons. The third kappa shape index (κ3) is 1.00. The van der Waals surface area contributed by atoms with Gasteiger partial charge in [0.05, 0.1) is 0 Å². The van der Waals surface area contributed by atoms with Crippen LogP contribution in [-0.2, 0) is 0 Å². The molecule has 1 N–H and O–H groups in total. The van der Waals surface area contributed by atoms with Crippen LogP contribution in [0.4, 0.5) is 0 Å². The highest BCUT2D eigenvalue weighted by atomic mass is 17.1. The van der Waals surface area contributed by atoms with Gasteiger partial charge >= 0.3 is 0 Å². The molecule has 0 unspecified atom stereocenters. The van der Waals surface area contributed by atoms with Gasteiger partial charge in [0.1, 0.15) is 0 Å². The third-order valence-electron chi connectivity index (χ3n) is 1.74. The normalized spacial score (nSPS) is 10.1. The Hall–Kier alpha value is -1.61. The lowest BCUT2D eigenvalue weighted by molar-refractivity contribution is -0.136. The molecule has 0 spiro atoms. The molecule has 1 aromatic heterocycles. The predicted octanol–water partition coefficient (Wildman–Crippen LogP) is 2.09. The Bertz CT molecular complexity index is 395. The first kappa shape index (κ1) is 7.06. The summed E-state index contributed by atoms with van der Waals surface area (Å²) in [6.07, 6.45) is 3.38. The SMILES string of the molecule is OOc1cccc2cnccc12. The van der Waals surface area contributed by atoms with Crippen molar-refractivity contribution in [1.29, 1.82) is 0 Å². The largest absolute Gasteiger partial charge is 0.340 e. The fourth-order valence-electron chi connectivity index (χ4n) is 1.17. The van der Waals surface area contributed by atoms with Crippen molar-refractivity contribution in [2.75, 3.05) is 0 Å². The number of fused-ring (bicyclic) bond motifs is 1. The molecule has 0 saturated carbocycles. The molecule has 0 aliphatic carbocycles. The minimum Gasteiger partial charge on any atom is -0.340 e. The van der Waals surface area contributed by atoms with Gasteiger partial charge in [-0.1, -0.05) is 12.1 Å². The number of nitrogens with zero attached hydrogens (tertiary/aromatic N) is 1. The Morgan fingerprint density at radius 1 is 1.25 bits per heavy atom. The average Bonchev–Trinajstić information content (AvgIpc) is 2.17. The molecule has 60 valence electrons. The van der Waals surface area contributed by atoms with E-state index in [2.05, 4.69) is 9.87 Å². The molecule has 1 aromatic carbocycles. The van der Waals surface area contributed by atoms with E-state index in [9.17, 15) is 0 Å². The minimum atomic E-state index is 0.454. The van der Waals surface area contributed by atoms with E-state index in [1.54, 1.807) is 30.6 Å². The number of pyridine rings is 1. The summed E-state index contributed by atoms with van der Waals surface area (Å²) in [6, 6.07) is 7.20. The number of aromatic nitrogens is 1. The van der Waals surface area contributed by atoms with E-state index >= 15 is 0 Å². The minimum absolute atomic E-state index is 0.454. The number of rotatable bonds is 1. The maximum absolute atomic E-state index is 8.52. The summed E-state index contributed by atoms with van der Waals surface area (Å²) in [5.41, 5.74) is 0. The Morgan fingerprint density at radius 2 is 2.17 bits per heavy atom. The van der Waals surface area contributed by atoms with Crippen molar-refractivity contribution in [2.24, 2.45) is 0 Å². The second kappa shape index (κ2) is 2.79. The van der Waals surface area contributed by atoms with Gasteiger partial charge in [-0.3, -0.25) is 4.98 Å². The quantitative estimate of drug-likeness (QED) is 0.514. The van der Waals surface area contributed by atoms with E-state index in [1.165, 1.54) is 0 Å². The van der Waals surface area contributed by atoms with Crippen LogP contribution < -0.4 is 4.89 Å². The van der Waals surface area contributed by atoms with Crippen molar-refractivity contribution < 1.29 is 10.1 Å². The standard InChI is InChI=1S/C9H7NO2/c11-12-9-3-1-2-7-6-10-5-4-8(7)9/h1-6,11H. The second-order valence-corrected chi connectivity index (χ2v) is 2.44. The summed E-state index contributed by atoms with van der Waals surface area (Å²) in [5, 5.41) is 10.3. The maximum atomic E-state index is 8.52. The Kier molecular flexibility index (Phi) is 1.64. The van der Waals surface area contributed by atoms with Crippen LogP contribution in [0.5, 0.6) is 5.75 Å². The van der Waals surface area contributed by atoms with Gasteiger partial charge in [-0.25, -0.2) is 5.26 Å². The van der Waals surface area contributed by atoms with Crippen LogP contribution >= 0.6 is 0 Å². The Morgan fingerprint density at radius 3 is 3.00 bits per heavy atom. The Balaban J connectivity index is 2.79. The number of hydrogen-bond acceptors (Lipinski definition) is 3. The van der Waals surface area contributed by atoms with Crippen molar-refractivity contribution >= 4 is 10.8 Å². The van der Waals surface area contributed by atoms with E-state index in [0.717, 1.165) is 10.8 Å². The molecule has 1 heterocycles. The highest BCUT2D eigenvalue weighted by molar-refractivity contribution is 5.87. The van der Waals surface area contributed by atoms with Gasteiger partial charge < -0.3 is 4.89 Å². The molecule has 0 atom stereocenters. The van der Waals surface area contributed by atoms with Crippen LogP contribution in [0.2, 0.25) is 0 Å². The zero-order chi connectivity index (χ0) is 8.39. The first-order valence-corrected chi connectivity index (χ1v) is 3.56. The van der Waals surface area contributed by atoms with Gasteiger partial charge in [0.2, 0.25) is 0 Å². The molecule has 0 amide bonds. The van der Waals surface area contributed by atoms with E-state index in [4.69, 9.17) is 5.26 Å². The van der Waals surface area contributed by atoms with E-state index < -0.39 is 0 Å². The lowest BCUT2D eigenvalue weighted by Crippen LogP contribution is -1.85. The van der Waals surface area contributed by atoms with Crippen molar-refractivity contribution in [1.82, 2.24) is 4.98 Å². The first-order valence-electron chi connectivity index (χ1n) is 3.56. The summed E-state index contributed by atoms with van der Waals surface area (Å²) < 4.78 is 0.